The van der Waals surface area contributed by atoms with Gasteiger partial charge in [0.05, 0.1) is 22.4 Å². The van der Waals surface area contributed by atoms with Gasteiger partial charge in [-0.15, -0.1) is 0 Å². The first-order chi connectivity index (χ1) is 19.6. The van der Waals surface area contributed by atoms with E-state index in [-0.39, 0.29) is 0 Å². The number of carboxylic acids is 2. The number of benzene rings is 2. The third kappa shape index (κ3) is 6.87. The molecule has 6 aromatic rings. The van der Waals surface area contributed by atoms with Gasteiger partial charge in [0.15, 0.2) is 0 Å². The lowest BCUT2D eigenvalue weighted by molar-refractivity contribution is -0.147. The topological polar surface area (TPSA) is 161 Å². The zero-order chi connectivity index (χ0) is 29.5. The second-order valence-corrected chi connectivity index (χ2v) is 9.27. The Morgan fingerprint density at radius 1 is 0.634 bits per heavy atom. The van der Waals surface area contributed by atoms with Gasteiger partial charge in [0.1, 0.15) is 18.1 Å². The average molecular weight is 551 g/mol. The summed E-state index contributed by atoms with van der Waals surface area (Å²) >= 11 is 0. The van der Waals surface area contributed by atoms with E-state index in [4.69, 9.17) is 21.7 Å². The minimum atomic E-state index is -1.31. The summed E-state index contributed by atoms with van der Waals surface area (Å²) < 4.78 is 3.89. The highest BCUT2D eigenvalue weighted by atomic mass is 16.4. The highest BCUT2D eigenvalue weighted by Gasteiger charge is 2.08. The molecule has 0 radical (unpaired) electrons. The van der Waals surface area contributed by atoms with E-state index < -0.39 is 18.4 Å². The molecule has 6 N–H and O–H groups in total. The fraction of sp³-hybridized carbons (Fsp3) is 0.0968. The largest absolute Gasteiger partial charge is 0.481 e. The van der Waals surface area contributed by atoms with Gasteiger partial charge in [-0.05, 0) is 38.1 Å². The van der Waals surface area contributed by atoms with E-state index in [0.717, 1.165) is 45.2 Å². The fourth-order valence-corrected chi connectivity index (χ4v) is 4.13. The maximum atomic E-state index is 9.43. The van der Waals surface area contributed by atoms with Crippen molar-refractivity contribution in [3.05, 3.63) is 109 Å². The lowest BCUT2D eigenvalue weighted by atomic mass is 10.1. The molecule has 0 spiro atoms. The summed E-state index contributed by atoms with van der Waals surface area (Å²) in [5.74, 6) is -1.16. The molecule has 0 saturated carbocycles. The maximum Gasteiger partial charge on any atom is 0.314 e. The van der Waals surface area contributed by atoms with Crippen molar-refractivity contribution in [2.24, 2.45) is 0 Å². The van der Waals surface area contributed by atoms with Gasteiger partial charge in [-0.1, -0.05) is 59.7 Å². The first-order valence-electron chi connectivity index (χ1n) is 12.6. The van der Waals surface area contributed by atoms with Crippen molar-refractivity contribution in [1.29, 1.82) is 0 Å². The van der Waals surface area contributed by atoms with Crippen molar-refractivity contribution in [1.82, 2.24) is 18.8 Å². The number of anilines is 2. The molecular formula is C31H30N6O4. The SMILES string of the molecule is Cc1ccc(-c2nccn3c(N)ccc23)cc1.Cc1ccc(-c2nccn3c(N)ccc23)cc1.O=C(O)CC(=O)O. The third-order valence-electron chi connectivity index (χ3n) is 6.18. The van der Waals surface area contributed by atoms with Crippen molar-refractivity contribution < 1.29 is 19.8 Å². The lowest BCUT2D eigenvalue weighted by Gasteiger charge is -2.05. The Bertz CT molecular complexity index is 1670. The van der Waals surface area contributed by atoms with E-state index in [2.05, 4.69) is 72.3 Å². The number of nitrogens with two attached hydrogens (primary N) is 2. The van der Waals surface area contributed by atoms with Crippen LogP contribution in [0.1, 0.15) is 17.5 Å². The van der Waals surface area contributed by atoms with E-state index in [1.165, 1.54) is 11.1 Å². The van der Waals surface area contributed by atoms with Crippen molar-refractivity contribution in [3.8, 4) is 22.5 Å². The molecular weight excluding hydrogens is 520 g/mol. The summed E-state index contributed by atoms with van der Waals surface area (Å²) in [5, 5.41) is 15.4. The summed E-state index contributed by atoms with van der Waals surface area (Å²) in [6, 6.07) is 24.5. The molecule has 4 aromatic heterocycles. The number of aryl methyl sites for hydroxylation is 2. The van der Waals surface area contributed by atoms with Crippen LogP contribution in [0.5, 0.6) is 0 Å². The summed E-state index contributed by atoms with van der Waals surface area (Å²) in [4.78, 5) is 27.7. The van der Waals surface area contributed by atoms with Gasteiger partial charge < -0.3 is 30.5 Å². The molecule has 10 heteroatoms. The first kappa shape index (κ1) is 28.4. The van der Waals surface area contributed by atoms with E-state index in [0.29, 0.717) is 0 Å². The van der Waals surface area contributed by atoms with Crippen LogP contribution in [0.4, 0.5) is 11.6 Å². The van der Waals surface area contributed by atoms with Crippen LogP contribution in [-0.4, -0.2) is 40.9 Å². The normalized spacial score (nSPS) is 10.4. The monoisotopic (exact) mass is 550 g/mol. The molecule has 4 heterocycles. The lowest BCUT2D eigenvalue weighted by Crippen LogP contribution is -2.03. The number of carbonyl (C=O) groups is 2. The molecule has 10 nitrogen and oxygen atoms in total. The number of rotatable bonds is 4. The minimum Gasteiger partial charge on any atom is -0.481 e. The Balaban J connectivity index is 0.000000155. The zero-order valence-corrected chi connectivity index (χ0v) is 22.6. The smallest absolute Gasteiger partial charge is 0.314 e. The Morgan fingerprint density at radius 2 is 1.00 bits per heavy atom. The average Bonchev–Trinajstić information content (AvgIpc) is 3.52. The number of hydrogen-bond donors (Lipinski definition) is 4. The van der Waals surface area contributed by atoms with E-state index in [9.17, 15) is 9.59 Å². The van der Waals surface area contributed by atoms with Gasteiger partial charge in [-0.25, -0.2) is 0 Å². The Morgan fingerprint density at radius 3 is 1.32 bits per heavy atom. The van der Waals surface area contributed by atoms with E-state index in [1.54, 1.807) is 12.4 Å². The number of nitrogen functional groups attached to an aromatic ring is 2. The summed E-state index contributed by atoms with van der Waals surface area (Å²) in [6.45, 7) is 4.15. The fourth-order valence-electron chi connectivity index (χ4n) is 4.13. The van der Waals surface area contributed by atoms with Crippen molar-refractivity contribution in [3.63, 3.8) is 0 Å². The van der Waals surface area contributed by atoms with Crippen LogP contribution in [0, 0.1) is 13.8 Å². The zero-order valence-electron chi connectivity index (χ0n) is 22.6. The summed E-state index contributed by atoms with van der Waals surface area (Å²) in [7, 11) is 0. The minimum absolute atomic E-state index is 0.732. The highest BCUT2D eigenvalue weighted by Crippen LogP contribution is 2.26. The maximum absolute atomic E-state index is 9.43. The molecule has 0 unspecified atom stereocenters. The number of fused-ring (bicyclic) bond motifs is 2. The van der Waals surface area contributed by atoms with Crippen LogP contribution in [-0.2, 0) is 9.59 Å². The first-order valence-corrected chi connectivity index (χ1v) is 12.6. The molecule has 0 aliphatic rings. The standard InChI is InChI=1S/2C14H13N3.C3H4O4/c2*1-10-2-4-11(5-3-10)14-12-6-7-13(15)17(12)9-8-16-14;4-2(5)1-3(6)7/h2*2-9H,15H2,1H3;1H2,(H,4,5)(H,6,7). The van der Waals surface area contributed by atoms with Gasteiger partial charge in [-0.3, -0.25) is 19.6 Å². The van der Waals surface area contributed by atoms with Crippen molar-refractivity contribution in [2.75, 3.05) is 11.5 Å². The molecule has 2 aromatic carbocycles. The number of hydrogen-bond acceptors (Lipinski definition) is 6. The highest BCUT2D eigenvalue weighted by molar-refractivity contribution is 5.88. The predicted octanol–water partition coefficient (Wildman–Crippen LogP) is 5.33. The number of aromatic nitrogens is 4. The number of nitrogens with zero attached hydrogens (tertiary/aromatic N) is 4. The van der Waals surface area contributed by atoms with Gasteiger partial charge in [0.25, 0.3) is 0 Å². The molecule has 0 fully saturated rings. The van der Waals surface area contributed by atoms with Crippen LogP contribution >= 0.6 is 0 Å². The molecule has 208 valence electrons. The van der Waals surface area contributed by atoms with Crippen LogP contribution < -0.4 is 11.5 Å². The van der Waals surface area contributed by atoms with Gasteiger partial charge in [0.2, 0.25) is 0 Å². The van der Waals surface area contributed by atoms with Crippen molar-refractivity contribution in [2.45, 2.75) is 20.3 Å². The van der Waals surface area contributed by atoms with Crippen molar-refractivity contribution >= 4 is 34.6 Å². The van der Waals surface area contributed by atoms with Gasteiger partial charge in [0, 0.05) is 35.9 Å². The molecule has 41 heavy (non-hydrogen) atoms. The third-order valence-corrected chi connectivity index (χ3v) is 6.18. The van der Waals surface area contributed by atoms with Crippen LogP contribution in [0.25, 0.3) is 33.5 Å². The van der Waals surface area contributed by atoms with E-state index >= 15 is 0 Å². The summed E-state index contributed by atoms with van der Waals surface area (Å²) in [5.41, 5.74) is 20.5. The molecule has 6 rings (SSSR count). The molecule has 0 aliphatic heterocycles. The number of carboxylic acid groups (broad SMARTS) is 2. The Labute approximate surface area is 236 Å². The molecule has 0 saturated heterocycles. The second-order valence-electron chi connectivity index (χ2n) is 9.27. The molecule has 0 atom stereocenters. The molecule has 0 amide bonds. The van der Waals surface area contributed by atoms with Gasteiger partial charge in [-0.2, -0.15) is 0 Å². The Kier molecular flexibility index (Phi) is 8.63. The predicted molar refractivity (Wildman–Crippen MR) is 159 cm³/mol. The van der Waals surface area contributed by atoms with E-state index in [1.807, 2.05) is 45.5 Å². The van der Waals surface area contributed by atoms with Gasteiger partial charge >= 0.3 is 11.9 Å². The molecule has 0 aliphatic carbocycles. The van der Waals surface area contributed by atoms with Crippen LogP contribution in [0.15, 0.2) is 97.6 Å². The Hall–Kier alpha value is -5.64. The second kappa shape index (κ2) is 12.5. The van der Waals surface area contributed by atoms with Crippen LogP contribution in [0.2, 0.25) is 0 Å². The molecule has 0 bridgehead atoms. The quantitative estimate of drug-likeness (QED) is 0.214. The summed E-state index contributed by atoms with van der Waals surface area (Å²) in [6.07, 6.45) is 6.50. The number of aliphatic carboxylic acids is 2. The van der Waals surface area contributed by atoms with Crippen LogP contribution in [0.3, 0.4) is 0 Å².